The van der Waals surface area contributed by atoms with E-state index in [4.69, 9.17) is 4.99 Å². The lowest BCUT2D eigenvalue weighted by atomic mass is 9.93. The Bertz CT molecular complexity index is 471. The lowest BCUT2D eigenvalue weighted by Gasteiger charge is -2.26. The quantitative estimate of drug-likeness (QED) is 0.887. The number of hydrogen-bond donors (Lipinski definition) is 1. The first-order valence-electron chi connectivity index (χ1n) is 6.68. The molecule has 1 aliphatic heterocycles. The molecule has 96 valence electrons. The highest BCUT2D eigenvalue weighted by molar-refractivity contribution is 8.14. The van der Waals surface area contributed by atoms with Gasteiger partial charge in [0.25, 0.3) is 0 Å². The van der Waals surface area contributed by atoms with Crippen LogP contribution < -0.4 is 0 Å². The smallest absolute Gasteiger partial charge is 0.0727 e. The van der Waals surface area contributed by atoms with E-state index in [9.17, 15) is 5.11 Å². The molecular formula is C15H19NOS. The second kappa shape index (κ2) is 5.06. The molecule has 0 aromatic heterocycles. The normalized spacial score (nSPS) is 31.0. The van der Waals surface area contributed by atoms with Gasteiger partial charge in [-0.15, -0.1) is 11.8 Å². The standard InChI is InChI=1S/C15H19NOS/c1-10-4-2-3-5-11(10)8-15-16-13-7-6-12(17)9-14(13)18-15/h2-5,12-14,17H,6-9H2,1H3. The van der Waals surface area contributed by atoms with Crippen LogP contribution in [0.25, 0.3) is 0 Å². The third-order valence-corrected chi connectivity index (χ3v) is 5.26. The summed E-state index contributed by atoms with van der Waals surface area (Å²) in [7, 11) is 0. The molecule has 0 saturated heterocycles. The van der Waals surface area contributed by atoms with Crippen molar-refractivity contribution in [3.05, 3.63) is 35.4 Å². The molecule has 3 atom stereocenters. The third-order valence-electron chi connectivity index (χ3n) is 3.93. The van der Waals surface area contributed by atoms with Crippen molar-refractivity contribution in [1.29, 1.82) is 0 Å². The second-order valence-corrected chi connectivity index (χ2v) is 6.63. The number of aryl methyl sites for hydroxylation is 1. The lowest BCUT2D eigenvalue weighted by Crippen LogP contribution is -2.30. The summed E-state index contributed by atoms with van der Waals surface area (Å²) >= 11 is 1.89. The average Bonchev–Trinajstić information content (AvgIpc) is 2.73. The summed E-state index contributed by atoms with van der Waals surface area (Å²) in [5, 5.41) is 11.5. The van der Waals surface area contributed by atoms with E-state index in [0.717, 1.165) is 25.7 Å². The molecule has 1 N–H and O–H groups in total. The monoisotopic (exact) mass is 261 g/mol. The molecule has 3 unspecified atom stereocenters. The minimum Gasteiger partial charge on any atom is -0.393 e. The van der Waals surface area contributed by atoms with Crippen LogP contribution in [0.1, 0.15) is 30.4 Å². The Morgan fingerprint density at radius 1 is 1.33 bits per heavy atom. The Kier molecular flexibility index (Phi) is 3.44. The van der Waals surface area contributed by atoms with Crippen LogP contribution in [0.3, 0.4) is 0 Å². The first-order valence-corrected chi connectivity index (χ1v) is 7.56. The lowest BCUT2D eigenvalue weighted by molar-refractivity contribution is 0.127. The fraction of sp³-hybridized carbons (Fsp3) is 0.533. The van der Waals surface area contributed by atoms with E-state index in [-0.39, 0.29) is 6.10 Å². The minimum absolute atomic E-state index is 0.105. The van der Waals surface area contributed by atoms with E-state index in [1.165, 1.54) is 16.2 Å². The number of aliphatic hydroxyl groups excluding tert-OH is 1. The maximum Gasteiger partial charge on any atom is 0.0727 e. The summed E-state index contributed by atoms with van der Waals surface area (Å²) in [4.78, 5) is 4.85. The van der Waals surface area contributed by atoms with Gasteiger partial charge in [-0.1, -0.05) is 24.3 Å². The first kappa shape index (κ1) is 12.2. The predicted molar refractivity (Wildman–Crippen MR) is 77.3 cm³/mol. The fourth-order valence-electron chi connectivity index (χ4n) is 2.82. The number of rotatable bonds is 2. The predicted octanol–water partition coefficient (Wildman–Crippen LogP) is 2.96. The van der Waals surface area contributed by atoms with Crippen LogP contribution in [-0.4, -0.2) is 27.5 Å². The van der Waals surface area contributed by atoms with Crippen molar-refractivity contribution in [1.82, 2.24) is 0 Å². The minimum atomic E-state index is -0.105. The molecule has 3 heteroatoms. The van der Waals surface area contributed by atoms with Gasteiger partial charge in [-0.25, -0.2) is 0 Å². The van der Waals surface area contributed by atoms with Gasteiger partial charge >= 0.3 is 0 Å². The van der Waals surface area contributed by atoms with Crippen molar-refractivity contribution in [3.63, 3.8) is 0 Å². The number of benzene rings is 1. The van der Waals surface area contributed by atoms with E-state index in [1.54, 1.807) is 0 Å². The number of fused-ring (bicyclic) bond motifs is 1. The van der Waals surface area contributed by atoms with Gasteiger partial charge in [0.2, 0.25) is 0 Å². The van der Waals surface area contributed by atoms with Crippen LogP contribution in [0.4, 0.5) is 0 Å². The van der Waals surface area contributed by atoms with Gasteiger partial charge in [0.05, 0.1) is 17.2 Å². The zero-order valence-electron chi connectivity index (χ0n) is 10.7. The topological polar surface area (TPSA) is 32.6 Å². The molecule has 0 spiro atoms. The zero-order valence-corrected chi connectivity index (χ0v) is 11.5. The van der Waals surface area contributed by atoms with Gasteiger partial charge in [0, 0.05) is 11.7 Å². The molecule has 0 bridgehead atoms. The maximum atomic E-state index is 9.71. The van der Waals surface area contributed by atoms with E-state index in [1.807, 2.05) is 11.8 Å². The summed E-state index contributed by atoms with van der Waals surface area (Å²) in [5.74, 6) is 0. The zero-order chi connectivity index (χ0) is 12.5. The SMILES string of the molecule is Cc1ccccc1CC1=NC2CCC(O)CC2S1. The Morgan fingerprint density at radius 3 is 3.00 bits per heavy atom. The molecule has 1 aromatic carbocycles. The molecule has 0 amide bonds. The van der Waals surface area contributed by atoms with Gasteiger partial charge in [0.1, 0.15) is 0 Å². The van der Waals surface area contributed by atoms with Gasteiger partial charge in [0.15, 0.2) is 0 Å². The van der Waals surface area contributed by atoms with Crippen molar-refractivity contribution in [2.75, 3.05) is 0 Å². The molecule has 0 radical (unpaired) electrons. The molecule has 2 aliphatic rings. The first-order chi connectivity index (χ1) is 8.72. The van der Waals surface area contributed by atoms with Crippen molar-refractivity contribution < 1.29 is 5.11 Å². The molecular weight excluding hydrogens is 242 g/mol. The number of aliphatic hydroxyl groups is 1. The highest BCUT2D eigenvalue weighted by atomic mass is 32.2. The molecule has 1 heterocycles. The fourth-order valence-corrected chi connectivity index (χ4v) is 4.27. The Balaban J connectivity index is 1.70. The molecule has 1 saturated carbocycles. The molecule has 1 fully saturated rings. The van der Waals surface area contributed by atoms with Crippen LogP contribution in [-0.2, 0) is 6.42 Å². The highest BCUT2D eigenvalue weighted by Gasteiger charge is 2.35. The molecule has 18 heavy (non-hydrogen) atoms. The van der Waals surface area contributed by atoms with Crippen molar-refractivity contribution >= 4 is 16.8 Å². The van der Waals surface area contributed by atoms with Crippen molar-refractivity contribution in [2.24, 2.45) is 4.99 Å². The number of aliphatic imine (C=N–C) groups is 1. The summed E-state index contributed by atoms with van der Waals surface area (Å²) in [6.07, 6.45) is 3.74. The molecule has 1 aliphatic carbocycles. The van der Waals surface area contributed by atoms with Gasteiger partial charge in [-0.2, -0.15) is 0 Å². The summed E-state index contributed by atoms with van der Waals surface area (Å²) < 4.78 is 0. The average molecular weight is 261 g/mol. The van der Waals surface area contributed by atoms with Gasteiger partial charge < -0.3 is 5.11 Å². The third kappa shape index (κ3) is 2.47. The van der Waals surface area contributed by atoms with Crippen molar-refractivity contribution in [3.8, 4) is 0 Å². The molecule has 2 nitrogen and oxygen atoms in total. The Hall–Kier alpha value is -0.800. The summed E-state index contributed by atoms with van der Waals surface area (Å²) in [6.45, 7) is 2.16. The van der Waals surface area contributed by atoms with Crippen LogP contribution in [0.2, 0.25) is 0 Å². The van der Waals surface area contributed by atoms with E-state index >= 15 is 0 Å². The maximum absolute atomic E-state index is 9.71. The van der Waals surface area contributed by atoms with Crippen molar-refractivity contribution in [2.45, 2.75) is 50.0 Å². The van der Waals surface area contributed by atoms with Crippen LogP contribution in [0.5, 0.6) is 0 Å². The van der Waals surface area contributed by atoms with Gasteiger partial charge in [-0.3, -0.25) is 4.99 Å². The van der Waals surface area contributed by atoms with Gasteiger partial charge in [-0.05, 0) is 37.3 Å². The van der Waals surface area contributed by atoms with E-state index < -0.39 is 0 Å². The number of thioether (sulfide) groups is 1. The largest absolute Gasteiger partial charge is 0.393 e. The van der Waals surface area contributed by atoms with E-state index in [2.05, 4.69) is 31.2 Å². The second-order valence-electron chi connectivity index (χ2n) is 5.32. The summed E-state index contributed by atoms with van der Waals surface area (Å²) in [5.41, 5.74) is 2.72. The highest BCUT2D eigenvalue weighted by Crippen LogP contribution is 2.38. The van der Waals surface area contributed by atoms with E-state index in [0.29, 0.717) is 11.3 Å². The molecule has 3 rings (SSSR count). The summed E-state index contributed by atoms with van der Waals surface area (Å²) in [6, 6.07) is 8.98. The van der Waals surface area contributed by atoms with Crippen LogP contribution >= 0.6 is 11.8 Å². The number of hydrogen-bond acceptors (Lipinski definition) is 3. The Labute approximate surface area is 113 Å². The van der Waals surface area contributed by atoms with Crippen LogP contribution in [0, 0.1) is 6.92 Å². The Morgan fingerprint density at radius 2 is 2.17 bits per heavy atom. The van der Waals surface area contributed by atoms with Crippen LogP contribution in [0.15, 0.2) is 29.3 Å². The molecule has 1 aromatic rings. The number of nitrogens with zero attached hydrogens (tertiary/aromatic N) is 1.